The monoisotopic (exact) mass is 752 g/mol. The molecule has 2 bridgehead atoms. The molecule has 10 nitrogen and oxygen atoms in total. The zero-order chi connectivity index (χ0) is 36.5. The third-order valence-electron chi connectivity index (χ3n) is 12.6. The zero-order valence-corrected chi connectivity index (χ0v) is 32.0. The Kier molecular flexibility index (Phi) is 11.3. The van der Waals surface area contributed by atoms with Crippen LogP contribution in [0.2, 0.25) is 5.02 Å². The number of carbonyl (C=O) groups excluding carboxylic acids is 2. The van der Waals surface area contributed by atoms with Crippen LogP contribution in [0.3, 0.4) is 0 Å². The van der Waals surface area contributed by atoms with Crippen molar-refractivity contribution in [2.24, 2.45) is 23.7 Å². The van der Waals surface area contributed by atoms with Gasteiger partial charge in [0.25, 0.3) is 5.91 Å². The first kappa shape index (κ1) is 37.4. The molecule has 1 saturated carbocycles. The summed E-state index contributed by atoms with van der Waals surface area (Å²) < 4.78 is 40.6. The summed E-state index contributed by atoms with van der Waals surface area (Å²) >= 11 is 6.39. The van der Waals surface area contributed by atoms with Gasteiger partial charge in [-0.15, -0.1) is 0 Å². The Morgan fingerprint density at radius 3 is 2.75 bits per heavy atom. The van der Waals surface area contributed by atoms with Crippen LogP contribution in [0.1, 0.15) is 67.4 Å². The first-order valence-electron chi connectivity index (χ1n) is 19.1. The van der Waals surface area contributed by atoms with Crippen molar-refractivity contribution in [2.75, 3.05) is 64.0 Å². The van der Waals surface area contributed by atoms with E-state index in [1.54, 1.807) is 25.1 Å². The van der Waals surface area contributed by atoms with E-state index in [1.165, 1.54) is 17.7 Å². The van der Waals surface area contributed by atoms with Crippen molar-refractivity contribution in [1.29, 1.82) is 0 Å². The molecule has 52 heavy (non-hydrogen) atoms. The fraction of sp³-hybridized carbons (Fsp3) is 0.600. The van der Waals surface area contributed by atoms with E-state index in [2.05, 4.69) is 32.0 Å². The molecule has 1 spiro atoms. The van der Waals surface area contributed by atoms with E-state index in [-0.39, 0.29) is 28.7 Å². The minimum atomic E-state index is -3.92. The van der Waals surface area contributed by atoms with Crippen LogP contribution in [0.15, 0.2) is 48.6 Å². The number of anilines is 1. The summed E-state index contributed by atoms with van der Waals surface area (Å²) in [7, 11) is -3.92. The summed E-state index contributed by atoms with van der Waals surface area (Å²) in [6.45, 7) is 11.8. The van der Waals surface area contributed by atoms with E-state index in [0.717, 1.165) is 88.5 Å². The van der Waals surface area contributed by atoms with Gasteiger partial charge in [0.2, 0.25) is 10.0 Å². The molecule has 2 aromatic rings. The van der Waals surface area contributed by atoms with Crippen molar-refractivity contribution in [1.82, 2.24) is 14.9 Å². The number of morpholine rings is 1. The number of benzene rings is 2. The maximum atomic E-state index is 13.3. The number of aldehydes is 1. The van der Waals surface area contributed by atoms with Crippen molar-refractivity contribution in [3.05, 3.63) is 70.3 Å². The Hall–Kier alpha value is -2.96. The summed E-state index contributed by atoms with van der Waals surface area (Å²) in [5, 5.41) is 3.31. The number of halogens is 1. The number of ether oxygens (including phenoxy) is 2. The second-order valence-electron chi connectivity index (χ2n) is 15.8. The maximum Gasteiger partial charge on any atom is 0.264 e. The predicted molar refractivity (Wildman–Crippen MR) is 204 cm³/mol. The lowest BCUT2D eigenvalue weighted by Crippen LogP contribution is -2.56. The fourth-order valence-corrected chi connectivity index (χ4v) is 10.5. The average Bonchev–Trinajstić information content (AvgIpc) is 3.28. The number of allylic oxidation sites excluding steroid dienone is 2. The number of rotatable bonds is 1. The molecular formula is C40H53ClN4O6S. The zero-order valence-electron chi connectivity index (χ0n) is 30.4. The van der Waals surface area contributed by atoms with Gasteiger partial charge in [-0.25, -0.2) is 13.1 Å². The second-order valence-corrected chi connectivity index (χ2v) is 18.3. The normalized spacial score (nSPS) is 33.6. The highest BCUT2D eigenvalue weighted by Gasteiger charge is 2.44. The van der Waals surface area contributed by atoms with E-state index in [0.29, 0.717) is 37.3 Å². The summed E-state index contributed by atoms with van der Waals surface area (Å²) in [6, 6.07) is 12.0. The Morgan fingerprint density at radius 1 is 1.10 bits per heavy atom. The summed E-state index contributed by atoms with van der Waals surface area (Å²) in [6.07, 6.45) is 10.4. The van der Waals surface area contributed by atoms with Crippen LogP contribution in [0.5, 0.6) is 5.75 Å². The first-order chi connectivity index (χ1) is 25.1. The minimum Gasteiger partial charge on any atom is -0.490 e. The molecule has 1 unspecified atom stereocenters. The first-order valence-corrected chi connectivity index (χ1v) is 21.0. The lowest BCUT2D eigenvalue weighted by Gasteiger charge is -2.45. The topological polar surface area (TPSA) is 117 Å². The summed E-state index contributed by atoms with van der Waals surface area (Å²) in [5.41, 5.74) is 3.30. The van der Waals surface area contributed by atoms with Gasteiger partial charge in [-0.05, 0) is 105 Å². The van der Waals surface area contributed by atoms with Crippen LogP contribution in [-0.4, -0.2) is 95.9 Å². The van der Waals surface area contributed by atoms with Crippen molar-refractivity contribution >= 4 is 39.5 Å². The fourth-order valence-electron chi connectivity index (χ4n) is 9.05. The van der Waals surface area contributed by atoms with Gasteiger partial charge in [-0.3, -0.25) is 9.69 Å². The van der Waals surface area contributed by atoms with Crippen LogP contribution in [-0.2, 0) is 31.4 Å². The second kappa shape index (κ2) is 15.8. The van der Waals surface area contributed by atoms with Gasteiger partial charge < -0.3 is 24.5 Å². The average molecular weight is 753 g/mol. The van der Waals surface area contributed by atoms with E-state index in [4.69, 9.17) is 21.1 Å². The van der Waals surface area contributed by atoms with Gasteiger partial charge >= 0.3 is 0 Å². The van der Waals surface area contributed by atoms with Gasteiger partial charge in [-0.2, -0.15) is 0 Å². The SMILES string of the molecule is C1CN2CCOC[C@@H]2CN1.C[C@@H]1[C@@H](C)C/C=C/C(C=O)[C@@H]2CC[C@H]2CN2C[C@@]3(CCCc4cc(Cl)ccc43)COc3ccc(cc32)C(=O)NS1(=O)=O. The van der Waals surface area contributed by atoms with E-state index in [9.17, 15) is 18.0 Å². The number of carbonyl (C=O) groups is 2. The van der Waals surface area contributed by atoms with Crippen LogP contribution < -0.4 is 19.7 Å². The molecule has 6 aliphatic rings. The molecule has 4 aliphatic heterocycles. The van der Waals surface area contributed by atoms with Crippen LogP contribution >= 0.6 is 11.6 Å². The Bertz CT molecular complexity index is 1750. The van der Waals surface area contributed by atoms with Crippen LogP contribution in [0, 0.1) is 23.7 Å². The Labute approximate surface area is 313 Å². The lowest BCUT2D eigenvalue weighted by molar-refractivity contribution is -0.112. The molecule has 4 heterocycles. The van der Waals surface area contributed by atoms with Crippen LogP contribution in [0.4, 0.5) is 5.69 Å². The quantitative estimate of drug-likeness (QED) is 0.307. The molecule has 0 aromatic heterocycles. The number of amides is 1. The molecule has 12 heteroatoms. The molecule has 2 aromatic carbocycles. The van der Waals surface area contributed by atoms with E-state index in [1.807, 2.05) is 25.1 Å². The third-order valence-corrected chi connectivity index (χ3v) is 14.7. The summed E-state index contributed by atoms with van der Waals surface area (Å²) in [5.74, 6) is 0.121. The molecule has 7 atom stereocenters. The van der Waals surface area contributed by atoms with Gasteiger partial charge in [0.05, 0.1) is 30.8 Å². The molecule has 282 valence electrons. The largest absolute Gasteiger partial charge is 0.490 e. The van der Waals surface area contributed by atoms with Crippen molar-refractivity contribution in [2.45, 2.75) is 69.1 Å². The number of sulfonamides is 1. The number of nitrogens with one attached hydrogen (secondary N) is 2. The Balaban J connectivity index is 0.000000360. The molecule has 3 fully saturated rings. The molecule has 8 rings (SSSR count). The third kappa shape index (κ3) is 7.80. The van der Waals surface area contributed by atoms with Crippen molar-refractivity contribution in [3.8, 4) is 5.75 Å². The van der Waals surface area contributed by atoms with Gasteiger partial charge in [0, 0.05) is 67.2 Å². The smallest absolute Gasteiger partial charge is 0.264 e. The highest BCUT2D eigenvalue weighted by atomic mass is 35.5. The predicted octanol–water partition coefficient (Wildman–Crippen LogP) is 4.99. The number of aryl methyl sites for hydroxylation is 1. The van der Waals surface area contributed by atoms with Gasteiger partial charge in [-0.1, -0.05) is 36.7 Å². The molecule has 1 amide bonds. The van der Waals surface area contributed by atoms with Crippen molar-refractivity contribution in [3.63, 3.8) is 0 Å². The molecule has 2 saturated heterocycles. The van der Waals surface area contributed by atoms with Gasteiger partial charge in [0.1, 0.15) is 12.0 Å². The number of hydrogen-bond acceptors (Lipinski definition) is 9. The number of hydrogen-bond donors (Lipinski definition) is 2. The molecule has 2 aliphatic carbocycles. The minimum absolute atomic E-state index is 0.212. The van der Waals surface area contributed by atoms with E-state index >= 15 is 0 Å². The lowest BCUT2D eigenvalue weighted by atomic mass is 9.66. The van der Waals surface area contributed by atoms with Gasteiger partial charge in [0.15, 0.2) is 0 Å². The molecular weight excluding hydrogens is 700 g/mol. The highest BCUT2D eigenvalue weighted by molar-refractivity contribution is 7.90. The molecule has 0 radical (unpaired) electrons. The highest BCUT2D eigenvalue weighted by Crippen LogP contribution is 2.47. The molecule has 2 N–H and O–H groups in total. The number of piperazine rings is 1. The summed E-state index contributed by atoms with van der Waals surface area (Å²) in [4.78, 5) is 30.4. The number of nitrogens with zero attached hydrogens (tertiary/aromatic N) is 2. The number of fused-ring (bicyclic) bond motifs is 5. The maximum absolute atomic E-state index is 13.3. The standard InChI is InChI=1S/C33H39ClN2O5S.C7H14N2O/c1-21-5-3-6-26(18-37)28-11-8-25(28)17-36-19-33(14-4-7-23-15-27(34)10-12-29(23)33)20-41-31-13-9-24(16-30(31)36)32(38)35-42(39,40)22(21)2;1-2-9-3-4-10-6-7(9)5-8-1/h3,6,9-10,12-13,15-16,18,21-22,25-26,28H,4-5,7-8,11,14,17,19-20H2,1-2H3,(H,35,38);7-8H,1-6H2/b6-3+;/t21-,22+,25-,26?,28+,33-;7-/m00/s1. The Morgan fingerprint density at radius 2 is 1.96 bits per heavy atom. The van der Waals surface area contributed by atoms with Crippen LogP contribution in [0.25, 0.3) is 0 Å². The van der Waals surface area contributed by atoms with Crippen molar-refractivity contribution < 1.29 is 27.5 Å². The van der Waals surface area contributed by atoms with E-state index < -0.39 is 21.2 Å².